The first-order chi connectivity index (χ1) is 8.72. The highest BCUT2D eigenvalue weighted by molar-refractivity contribution is 5.78. The molecule has 0 unspecified atom stereocenters. The van der Waals surface area contributed by atoms with Gasteiger partial charge in [-0.1, -0.05) is 12.1 Å². The summed E-state index contributed by atoms with van der Waals surface area (Å²) in [6, 6.07) is 9.64. The molecule has 0 radical (unpaired) electrons. The van der Waals surface area contributed by atoms with Crippen molar-refractivity contribution in [2.45, 2.75) is 6.92 Å². The van der Waals surface area contributed by atoms with Crippen LogP contribution in [0.5, 0.6) is 5.75 Å². The second-order valence-electron chi connectivity index (χ2n) is 3.78. The van der Waals surface area contributed by atoms with Crippen LogP contribution in [-0.2, 0) is 4.79 Å². The summed E-state index contributed by atoms with van der Waals surface area (Å²) < 4.78 is 5.50. The molecule has 0 aliphatic heterocycles. The Labute approximate surface area is 107 Å². The van der Waals surface area contributed by atoms with Crippen molar-refractivity contribution in [2.75, 3.05) is 26.2 Å². The zero-order valence-corrected chi connectivity index (χ0v) is 10.4. The topological polar surface area (TPSA) is 74.2 Å². The Hall–Kier alpha value is -2.06. The minimum atomic E-state index is -0.188. The molecule has 1 rings (SSSR count). The van der Waals surface area contributed by atoms with Crippen LogP contribution in [0.15, 0.2) is 24.3 Å². The van der Waals surface area contributed by atoms with Gasteiger partial charge in [0.15, 0.2) is 0 Å². The number of carbonyl (C=O) groups is 1. The fourth-order valence-corrected chi connectivity index (χ4v) is 1.35. The molecular formula is C13H17N3O2. The molecule has 96 valence electrons. The fraction of sp³-hybridized carbons (Fsp3) is 0.385. The van der Waals surface area contributed by atoms with Crippen molar-refractivity contribution in [1.82, 2.24) is 10.6 Å². The second kappa shape index (κ2) is 8.09. The van der Waals surface area contributed by atoms with Gasteiger partial charge in [-0.25, -0.2) is 0 Å². The maximum Gasteiger partial charge on any atom is 0.234 e. The van der Waals surface area contributed by atoms with E-state index in [-0.39, 0.29) is 19.0 Å². The summed E-state index contributed by atoms with van der Waals surface area (Å²) in [6.45, 7) is 3.31. The molecule has 18 heavy (non-hydrogen) atoms. The lowest BCUT2D eigenvalue weighted by molar-refractivity contribution is -0.120. The van der Waals surface area contributed by atoms with E-state index in [0.29, 0.717) is 13.2 Å². The standard InChI is InChI=1S/C13H17N3O2/c1-11-3-2-4-12(9-11)18-8-7-15-10-13(17)16-6-5-14/h2-4,9,15H,6-8,10H2,1H3,(H,16,17). The molecule has 1 aromatic carbocycles. The molecule has 0 saturated heterocycles. The van der Waals surface area contributed by atoms with E-state index in [4.69, 9.17) is 10.00 Å². The molecule has 1 amide bonds. The van der Waals surface area contributed by atoms with Crippen molar-refractivity contribution in [1.29, 1.82) is 5.26 Å². The number of nitriles is 1. The molecular weight excluding hydrogens is 230 g/mol. The van der Waals surface area contributed by atoms with Gasteiger partial charge in [-0.3, -0.25) is 4.79 Å². The van der Waals surface area contributed by atoms with Gasteiger partial charge in [0.05, 0.1) is 12.6 Å². The van der Waals surface area contributed by atoms with E-state index < -0.39 is 0 Å². The second-order valence-corrected chi connectivity index (χ2v) is 3.78. The Morgan fingerprint density at radius 2 is 2.33 bits per heavy atom. The van der Waals surface area contributed by atoms with Crippen LogP contribution in [0.4, 0.5) is 0 Å². The van der Waals surface area contributed by atoms with Gasteiger partial charge in [-0.15, -0.1) is 0 Å². The monoisotopic (exact) mass is 247 g/mol. The van der Waals surface area contributed by atoms with E-state index in [1.165, 1.54) is 0 Å². The molecule has 0 saturated carbocycles. The highest BCUT2D eigenvalue weighted by atomic mass is 16.5. The minimum Gasteiger partial charge on any atom is -0.492 e. The summed E-state index contributed by atoms with van der Waals surface area (Å²) >= 11 is 0. The summed E-state index contributed by atoms with van der Waals surface area (Å²) in [6.07, 6.45) is 0. The third-order valence-electron chi connectivity index (χ3n) is 2.19. The summed E-state index contributed by atoms with van der Waals surface area (Å²) in [4.78, 5) is 11.1. The van der Waals surface area contributed by atoms with Crippen LogP contribution in [0.2, 0.25) is 0 Å². The smallest absolute Gasteiger partial charge is 0.234 e. The zero-order valence-electron chi connectivity index (χ0n) is 10.4. The largest absolute Gasteiger partial charge is 0.492 e. The van der Waals surface area contributed by atoms with Crippen LogP contribution in [-0.4, -0.2) is 32.1 Å². The Bertz CT molecular complexity index is 426. The first-order valence-electron chi connectivity index (χ1n) is 5.76. The number of nitrogens with zero attached hydrogens (tertiary/aromatic N) is 1. The fourth-order valence-electron chi connectivity index (χ4n) is 1.35. The Morgan fingerprint density at radius 1 is 1.50 bits per heavy atom. The predicted octanol–water partition coefficient (Wildman–Crippen LogP) is 0.603. The number of carbonyl (C=O) groups excluding carboxylic acids is 1. The first kappa shape index (κ1) is 14.0. The van der Waals surface area contributed by atoms with Gasteiger partial charge in [-0.05, 0) is 24.6 Å². The number of hydrogen-bond donors (Lipinski definition) is 2. The molecule has 0 atom stereocenters. The van der Waals surface area contributed by atoms with Gasteiger partial charge >= 0.3 is 0 Å². The third kappa shape index (κ3) is 5.87. The van der Waals surface area contributed by atoms with Gasteiger partial charge in [0.1, 0.15) is 18.9 Å². The average Bonchev–Trinajstić information content (AvgIpc) is 2.36. The van der Waals surface area contributed by atoms with Crippen LogP contribution in [0.1, 0.15) is 5.56 Å². The number of ether oxygens (including phenoxy) is 1. The van der Waals surface area contributed by atoms with Gasteiger partial charge in [0.2, 0.25) is 5.91 Å². The molecule has 0 aliphatic rings. The third-order valence-corrected chi connectivity index (χ3v) is 2.19. The van der Waals surface area contributed by atoms with E-state index in [0.717, 1.165) is 11.3 Å². The highest BCUT2D eigenvalue weighted by Crippen LogP contribution is 2.11. The van der Waals surface area contributed by atoms with Crippen molar-refractivity contribution in [2.24, 2.45) is 0 Å². The van der Waals surface area contributed by atoms with Gasteiger partial charge in [0, 0.05) is 6.54 Å². The van der Waals surface area contributed by atoms with E-state index in [1.54, 1.807) is 0 Å². The van der Waals surface area contributed by atoms with Crippen molar-refractivity contribution in [3.05, 3.63) is 29.8 Å². The summed E-state index contributed by atoms with van der Waals surface area (Å²) in [5, 5.41) is 13.6. The van der Waals surface area contributed by atoms with E-state index in [2.05, 4.69) is 10.6 Å². The average molecular weight is 247 g/mol. The molecule has 0 heterocycles. The SMILES string of the molecule is Cc1cccc(OCCNCC(=O)NCC#N)c1. The first-order valence-corrected chi connectivity index (χ1v) is 5.76. The molecule has 0 aromatic heterocycles. The van der Waals surface area contributed by atoms with Crippen LogP contribution >= 0.6 is 0 Å². The molecule has 1 aromatic rings. The molecule has 5 heteroatoms. The van der Waals surface area contributed by atoms with Crippen LogP contribution in [0.3, 0.4) is 0 Å². The van der Waals surface area contributed by atoms with Crippen LogP contribution < -0.4 is 15.4 Å². The Balaban J connectivity index is 2.09. The quantitative estimate of drug-likeness (QED) is 0.546. The maximum absolute atomic E-state index is 11.1. The molecule has 0 aliphatic carbocycles. The predicted molar refractivity (Wildman–Crippen MR) is 68.2 cm³/mol. The van der Waals surface area contributed by atoms with Crippen molar-refractivity contribution in [3.63, 3.8) is 0 Å². The summed E-state index contributed by atoms with van der Waals surface area (Å²) in [7, 11) is 0. The van der Waals surface area contributed by atoms with Gasteiger partial charge in [-0.2, -0.15) is 5.26 Å². The number of rotatable bonds is 7. The maximum atomic E-state index is 11.1. The van der Waals surface area contributed by atoms with E-state index >= 15 is 0 Å². The lowest BCUT2D eigenvalue weighted by atomic mass is 10.2. The molecule has 0 fully saturated rings. The summed E-state index contributed by atoms with van der Waals surface area (Å²) in [5.41, 5.74) is 1.15. The molecule has 2 N–H and O–H groups in total. The van der Waals surface area contributed by atoms with Gasteiger partial charge in [0.25, 0.3) is 0 Å². The van der Waals surface area contributed by atoms with Crippen LogP contribution in [0, 0.1) is 18.3 Å². The van der Waals surface area contributed by atoms with E-state index in [1.807, 2.05) is 37.3 Å². The number of aryl methyl sites for hydroxylation is 1. The van der Waals surface area contributed by atoms with Gasteiger partial charge < -0.3 is 15.4 Å². The molecule has 5 nitrogen and oxygen atoms in total. The molecule has 0 bridgehead atoms. The number of amides is 1. The lowest BCUT2D eigenvalue weighted by Gasteiger charge is -2.07. The van der Waals surface area contributed by atoms with E-state index in [9.17, 15) is 4.79 Å². The summed E-state index contributed by atoms with van der Waals surface area (Å²) in [5.74, 6) is 0.637. The number of nitrogens with one attached hydrogen (secondary N) is 2. The van der Waals surface area contributed by atoms with Crippen molar-refractivity contribution < 1.29 is 9.53 Å². The highest BCUT2D eigenvalue weighted by Gasteiger charge is 1.99. The van der Waals surface area contributed by atoms with Crippen LogP contribution in [0.25, 0.3) is 0 Å². The molecule has 0 spiro atoms. The minimum absolute atomic E-state index is 0.0420. The number of hydrogen-bond acceptors (Lipinski definition) is 4. The normalized spacial score (nSPS) is 9.56. The van der Waals surface area contributed by atoms with Crippen molar-refractivity contribution >= 4 is 5.91 Å². The van der Waals surface area contributed by atoms with Crippen molar-refractivity contribution in [3.8, 4) is 11.8 Å². The Kier molecular flexibility index (Phi) is 6.30. The zero-order chi connectivity index (χ0) is 13.2. The lowest BCUT2D eigenvalue weighted by Crippen LogP contribution is -2.35. The number of benzene rings is 1. The Morgan fingerprint density at radius 3 is 3.06 bits per heavy atom.